The second-order valence-corrected chi connectivity index (χ2v) is 5.31. The van der Waals surface area contributed by atoms with Crippen LogP contribution in [0.25, 0.3) is 0 Å². The van der Waals surface area contributed by atoms with E-state index in [1.54, 1.807) is 0 Å². The minimum atomic E-state index is -4.50. The van der Waals surface area contributed by atoms with E-state index in [4.69, 9.17) is 5.73 Å². The molecular formula is C14H18F3N3O. The monoisotopic (exact) mass is 301 g/mol. The van der Waals surface area contributed by atoms with Gasteiger partial charge in [-0.1, -0.05) is 19.3 Å². The first kappa shape index (κ1) is 15.8. The van der Waals surface area contributed by atoms with Crippen molar-refractivity contribution >= 4 is 5.91 Å². The van der Waals surface area contributed by atoms with Crippen molar-refractivity contribution < 1.29 is 18.0 Å². The van der Waals surface area contributed by atoms with Gasteiger partial charge in [-0.05, 0) is 25.0 Å². The first-order valence-electron chi connectivity index (χ1n) is 6.97. The van der Waals surface area contributed by atoms with Crippen LogP contribution < -0.4 is 11.1 Å². The molecule has 3 N–H and O–H groups in total. The van der Waals surface area contributed by atoms with E-state index in [1.165, 1.54) is 0 Å². The quantitative estimate of drug-likeness (QED) is 0.825. The highest BCUT2D eigenvalue weighted by atomic mass is 19.4. The molecular weight excluding hydrogens is 283 g/mol. The lowest BCUT2D eigenvalue weighted by atomic mass is 10.0. The fraction of sp³-hybridized carbons (Fsp3) is 0.571. The molecule has 2 atom stereocenters. The van der Waals surface area contributed by atoms with Crippen LogP contribution in [-0.4, -0.2) is 23.0 Å². The average Bonchev–Trinajstić information content (AvgIpc) is 2.63. The zero-order valence-corrected chi connectivity index (χ0v) is 11.5. The largest absolute Gasteiger partial charge is 0.433 e. The van der Waals surface area contributed by atoms with Gasteiger partial charge in [0.2, 0.25) is 0 Å². The third kappa shape index (κ3) is 4.17. The van der Waals surface area contributed by atoms with Gasteiger partial charge in [-0.3, -0.25) is 9.78 Å². The molecule has 1 fully saturated rings. The van der Waals surface area contributed by atoms with Crippen LogP contribution in [0.15, 0.2) is 18.3 Å². The number of carbonyl (C=O) groups is 1. The number of alkyl halides is 3. The van der Waals surface area contributed by atoms with Crippen molar-refractivity contribution in [3.8, 4) is 0 Å². The topological polar surface area (TPSA) is 68.0 Å². The van der Waals surface area contributed by atoms with E-state index in [9.17, 15) is 18.0 Å². The molecule has 4 nitrogen and oxygen atoms in total. The van der Waals surface area contributed by atoms with Gasteiger partial charge in [0.15, 0.2) is 0 Å². The molecule has 0 aliphatic heterocycles. The van der Waals surface area contributed by atoms with E-state index in [0.29, 0.717) is 0 Å². The minimum absolute atomic E-state index is 0.111. The van der Waals surface area contributed by atoms with Crippen LogP contribution in [0.4, 0.5) is 13.2 Å². The number of rotatable bonds is 2. The summed E-state index contributed by atoms with van der Waals surface area (Å²) in [5, 5.41) is 2.80. The van der Waals surface area contributed by atoms with E-state index in [1.807, 2.05) is 0 Å². The molecule has 0 radical (unpaired) electrons. The third-order valence-electron chi connectivity index (χ3n) is 3.70. The van der Waals surface area contributed by atoms with Crippen molar-refractivity contribution in [1.82, 2.24) is 10.3 Å². The Morgan fingerprint density at radius 2 is 1.95 bits per heavy atom. The van der Waals surface area contributed by atoms with Gasteiger partial charge in [0, 0.05) is 18.3 Å². The Labute approximate surface area is 120 Å². The van der Waals surface area contributed by atoms with Crippen LogP contribution in [0.2, 0.25) is 0 Å². The Balaban J connectivity index is 2.02. The maximum atomic E-state index is 12.4. The summed E-state index contributed by atoms with van der Waals surface area (Å²) in [6.07, 6.45) is 1.19. The summed E-state index contributed by atoms with van der Waals surface area (Å²) in [6, 6.07) is 1.69. The number of nitrogens with two attached hydrogens (primary N) is 1. The number of pyridine rings is 1. The molecule has 116 valence electrons. The van der Waals surface area contributed by atoms with Crippen molar-refractivity contribution in [2.75, 3.05) is 0 Å². The molecule has 7 heteroatoms. The van der Waals surface area contributed by atoms with Crippen LogP contribution in [-0.2, 0) is 6.18 Å². The van der Waals surface area contributed by atoms with E-state index in [0.717, 1.165) is 50.4 Å². The molecule has 2 rings (SSSR count). The van der Waals surface area contributed by atoms with Gasteiger partial charge in [-0.2, -0.15) is 13.2 Å². The SMILES string of the molecule is NC1CCCCCC1NC(=O)c1ccc(C(F)(F)F)nc1. The predicted molar refractivity (Wildman–Crippen MR) is 71.6 cm³/mol. The number of carbonyl (C=O) groups excluding carboxylic acids is 1. The first-order chi connectivity index (χ1) is 9.88. The fourth-order valence-electron chi connectivity index (χ4n) is 2.46. The fourth-order valence-corrected chi connectivity index (χ4v) is 2.46. The van der Waals surface area contributed by atoms with E-state index < -0.39 is 17.8 Å². The molecule has 2 unspecified atom stereocenters. The number of hydrogen-bond acceptors (Lipinski definition) is 3. The Hall–Kier alpha value is -1.63. The number of nitrogens with zero attached hydrogens (tertiary/aromatic N) is 1. The van der Waals surface area contributed by atoms with Crippen molar-refractivity contribution in [3.63, 3.8) is 0 Å². The van der Waals surface area contributed by atoms with Crippen LogP contribution in [0.1, 0.15) is 48.2 Å². The summed E-state index contributed by atoms with van der Waals surface area (Å²) >= 11 is 0. The highest BCUT2D eigenvalue weighted by Crippen LogP contribution is 2.27. The molecule has 1 saturated carbocycles. The van der Waals surface area contributed by atoms with Gasteiger partial charge in [-0.25, -0.2) is 0 Å². The lowest BCUT2D eigenvalue weighted by Crippen LogP contribution is -2.46. The molecule has 0 bridgehead atoms. The van der Waals surface area contributed by atoms with Gasteiger partial charge in [-0.15, -0.1) is 0 Å². The molecule has 0 saturated heterocycles. The molecule has 0 spiro atoms. The predicted octanol–water partition coefficient (Wildman–Crippen LogP) is 2.49. The highest BCUT2D eigenvalue weighted by Gasteiger charge is 2.32. The van der Waals surface area contributed by atoms with E-state index in [-0.39, 0.29) is 17.6 Å². The highest BCUT2D eigenvalue weighted by molar-refractivity contribution is 5.94. The second kappa shape index (κ2) is 6.43. The summed E-state index contributed by atoms with van der Waals surface area (Å²) in [7, 11) is 0. The zero-order valence-electron chi connectivity index (χ0n) is 11.5. The van der Waals surface area contributed by atoms with Crippen LogP contribution in [0.5, 0.6) is 0 Å². The van der Waals surface area contributed by atoms with Crippen LogP contribution >= 0.6 is 0 Å². The molecule has 0 aromatic carbocycles. The third-order valence-corrected chi connectivity index (χ3v) is 3.70. The van der Waals surface area contributed by atoms with Crippen molar-refractivity contribution in [1.29, 1.82) is 0 Å². The smallest absolute Gasteiger partial charge is 0.348 e. The van der Waals surface area contributed by atoms with Crippen molar-refractivity contribution in [2.45, 2.75) is 50.4 Å². The summed E-state index contributed by atoms with van der Waals surface area (Å²) in [5.74, 6) is -0.432. The Kier molecular flexibility index (Phi) is 4.82. The number of nitrogens with one attached hydrogen (secondary N) is 1. The maximum Gasteiger partial charge on any atom is 0.433 e. The second-order valence-electron chi connectivity index (χ2n) is 5.31. The molecule has 1 amide bonds. The molecule has 1 heterocycles. The van der Waals surface area contributed by atoms with Gasteiger partial charge in [0.05, 0.1) is 5.56 Å². The standard InChI is InChI=1S/C14H18F3N3O/c15-14(16,17)12-7-6-9(8-19-12)13(21)20-11-5-3-1-2-4-10(11)18/h6-8,10-11H,1-5,18H2,(H,20,21). The normalized spacial score (nSPS) is 23.4. The summed E-state index contributed by atoms with van der Waals surface area (Å²) in [6.45, 7) is 0. The van der Waals surface area contributed by atoms with Crippen molar-refractivity contribution in [3.05, 3.63) is 29.6 Å². The average molecular weight is 301 g/mol. The molecule has 1 aliphatic rings. The number of hydrogen-bond donors (Lipinski definition) is 2. The summed E-state index contributed by atoms with van der Waals surface area (Å²) < 4.78 is 37.2. The first-order valence-corrected chi connectivity index (χ1v) is 6.97. The lowest BCUT2D eigenvalue weighted by molar-refractivity contribution is -0.141. The molecule has 1 aromatic heterocycles. The number of halogens is 3. The minimum Gasteiger partial charge on any atom is -0.348 e. The number of aromatic nitrogens is 1. The van der Waals surface area contributed by atoms with Gasteiger partial charge >= 0.3 is 6.18 Å². The van der Waals surface area contributed by atoms with Crippen LogP contribution in [0, 0.1) is 0 Å². The van der Waals surface area contributed by atoms with Gasteiger partial charge < -0.3 is 11.1 Å². The Morgan fingerprint density at radius 1 is 1.24 bits per heavy atom. The van der Waals surface area contributed by atoms with E-state index in [2.05, 4.69) is 10.3 Å². The maximum absolute atomic E-state index is 12.4. The molecule has 1 aliphatic carbocycles. The zero-order chi connectivity index (χ0) is 15.5. The summed E-state index contributed by atoms with van der Waals surface area (Å²) in [5.41, 5.74) is 5.11. The Bertz CT molecular complexity index is 487. The van der Waals surface area contributed by atoms with Gasteiger partial charge in [0.25, 0.3) is 5.91 Å². The Morgan fingerprint density at radius 3 is 2.57 bits per heavy atom. The van der Waals surface area contributed by atoms with Gasteiger partial charge in [0.1, 0.15) is 5.69 Å². The van der Waals surface area contributed by atoms with Crippen LogP contribution in [0.3, 0.4) is 0 Å². The molecule has 1 aromatic rings. The lowest BCUT2D eigenvalue weighted by Gasteiger charge is -2.22. The van der Waals surface area contributed by atoms with E-state index >= 15 is 0 Å². The summed E-state index contributed by atoms with van der Waals surface area (Å²) in [4.78, 5) is 15.3. The number of amides is 1. The molecule has 21 heavy (non-hydrogen) atoms. The van der Waals surface area contributed by atoms with Crippen molar-refractivity contribution in [2.24, 2.45) is 5.73 Å².